The Morgan fingerprint density at radius 2 is 1.00 bits per heavy atom. The van der Waals surface area contributed by atoms with Gasteiger partial charge >= 0.3 is 0 Å². The van der Waals surface area contributed by atoms with Gasteiger partial charge in [0, 0.05) is 26.0 Å². The molecule has 3 aromatic rings. The maximum atomic E-state index is 2.28. The van der Waals surface area contributed by atoms with Crippen LogP contribution in [0, 0.1) is 0 Å². The molecule has 0 saturated heterocycles. The molecule has 1 heterocycles. The Morgan fingerprint density at radius 1 is 0.577 bits per heavy atom. The summed E-state index contributed by atoms with van der Waals surface area (Å²) in [6, 6.07) is 31.7. The maximum Gasteiger partial charge on any atom is 0.0647 e. The molecule has 2 nitrogen and oxygen atoms in total. The minimum absolute atomic E-state index is 0.849. The van der Waals surface area contributed by atoms with Crippen LogP contribution < -0.4 is 0 Å². The maximum absolute atomic E-state index is 2.28. The highest BCUT2D eigenvalue weighted by Gasteiger charge is 2.20. The monoisotopic (exact) mass is 338 g/mol. The van der Waals surface area contributed by atoms with E-state index < -0.39 is 0 Å². The van der Waals surface area contributed by atoms with Crippen molar-refractivity contribution in [1.29, 1.82) is 0 Å². The normalized spacial score (nSPS) is 14.0. The molecule has 2 heteroatoms. The van der Waals surface area contributed by atoms with Gasteiger partial charge < -0.3 is 9.80 Å². The van der Waals surface area contributed by atoms with E-state index in [4.69, 9.17) is 0 Å². The van der Waals surface area contributed by atoms with E-state index in [1.807, 2.05) is 0 Å². The van der Waals surface area contributed by atoms with Crippen LogP contribution in [0.25, 0.3) is 11.4 Å². The Kier molecular flexibility index (Phi) is 4.57. The number of nitrogens with zero attached hydrogens (tertiary/aromatic N) is 2. The van der Waals surface area contributed by atoms with Gasteiger partial charge in [-0.2, -0.15) is 0 Å². The predicted molar refractivity (Wildman–Crippen MR) is 109 cm³/mol. The third-order valence-corrected chi connectivity index (χ3v) is 4.65. The lowest BCUT2D eigenvalue weighted by atomic mass is 10.1. The van der Waals surface area contributed by atoms with Gasteiger partial charge in [0.15, 0.2) is 0 Å². The van der Waals surface area contributed by atoms with Crippen molar-refractivity contribution in [2.24, 2.45) is 0 Å². The molecule has 128 valence electrons. The van der Waals surface area contributed by atoms with Crippen LogP contribution in [0.2, 0.25) is 0 Å². The molecule has 0 N–H and O–H groups in total. The average molecular weight is 338 g/mol. The van der Waals surface area contributed by atoms with Crippen LogP contribution in [0.5, 0.6) is 0 Å². The SMILES string of the molecule is CN1C(c2ccccc2)=CN(Cc2ccccc2)C=C1c1ccccc1. The third kappa shape index (κ3) is 3.40. The van der Waals surface area contributed by atoms with Crippen LogP contribution in [0.15, 0.2) is 103 Å². The van der Waals surface area contributed by atoms with E-state index in [2.05, 4.69) is 120 Å². The lowest BCUT2D eigenvalue weighted by molar-refractivity contribution is 0.471. The van der Waals surface area contributed by atoms with Crippen molar-refractivity contribution in [2.45, 2.75) is 6.54 Å². The van der Waals surface area contributed by atoms with Crippen LogP contribution in [-0.2, 0) is 6.54 Å². The van der Waals surface area contributed by atoms with Gasteiger partial charge in [-0.25, -0.2) is 0 Å². The van der Waals surface area contributed by atoms with Gasteiger partial charge in [-0.1, -0.05) is 91.0 Å². The van der Waals surface area contributed by atoms with E-state index in [1.54, 1.807) is 0 Å². The number of rotatable bonds is 4. The first-order valence-electron chi connectivity index (χ1n) is 8.89. The summed E-state index contributed by atoms with van der Waals surface area (Å²) in [5.41, 5.74) is 6.12. The Hall–Kier alpha value is -3.26. The van der Waals surface area contributed by atoms with Crippen molar-refractivity contribution in [3.05, 3.63) is 120 Å². The first kappa shape index (κ1) is 16.2. The van der Waals surface area contributed by atoms with Gasteiger partial charge in [0.25, 0.3) is 0 Å². The molecule has 0 atom stereocenters. The first-order chi connectivity index (χ1) is 12.8. The molecule has 0 saturated carbocycles. The molecule has 0 amide bonds. The molecule has 0 unspecified atom stereocenters. The fraction of sp³-hybridized carbons (Fsp3) is 0.0833. The van der Waals surface area contributed by atoms with Crippen molar-refractivity contribution in [3.8, 4) is 0 Å². The van der Waals surface area contributed by atoms with E-state index in [-0.39, 0.29) is 0 Å². The lowest BCUT2D eigenvalue weighted by Gasteiger charge is -2.34. The van der Waals surface area contributed by atoms with Crippen molar-refractivity contribution in [2.75, 3.05) is 7.05 Å². The summed E-state index contributed by atoms with van der Waals surface area (Å²) in [5, 5.41) is 0. The Bertz CT molecular complexity index is 855. The van der Waals surface area contributed by atoms with Crippen LogP contribution in [0.4, 0.5) is 0 Å². The average Bonchev–Trinajstić information content (AvgIpc) is 2.71. The smallest absolute Gasteiger partial charge is 0.0647 e. The summed E-state index contributed by atoms with van der Waals surface area (Å²) in [5.74, 6) is 0. The zero-order valence-electron chi connectivity index (χ0n) is 14.9. The zero-order valence-corrected chi connectivity index (χ0v) is 14.9. The molecule has 26 heavy (non-hydrogen) atoms. The molecule has 0 aromatic heterocycles. The van der Waals surface area contributed by atoms with Crippen LogP contribution in [0.3, 0.4) is 0 Å². The van der Waals surface area contributed by atoms with Gasteiger partial charge in [0.2, 0.25) is 0 Å². The molecule has 0 aliphatic carbocycles. The van der Waals surface area contributed by atoms with Crippen molar-refractivity contribution >= 4 is 11.4 Å². The zero-order chi connectivity index (χ0) is 17.8. The highest BCUT2D eigenvalue weighted by atomic mass is 15.2. The van der Waals surface area contributed by atoms with Gasteiger partial charge in [-0.15, -0.1) is 0 Å². The highest BCUT2D eigenvalue weighted by molar-refractivity contribution is 5.78. The largest absolute Gasteiger partial charge is 0.346 e. The second-order valence-electron chi connectivity index (χ2n) is 6.48. The van der Waals surface area contributed by atoms with Crippen LogP contribution in [0.1, 0.15) is 16.7 Å². The summed E-state index contributed by atoms with van der Waals surface area (Å²) in [4.78, 5) is 4.55. The van der Waals surface area contributed by atoms with Crippen molar-refractivity contribution in [1.82, 2.24) is 9.80 Å². The lowest BCUT2D eigenvalue weighted by Crippen LogP contribution is -2.25. The second-order valence-corrected chi connectivity index (χ2v) is 6.48. The molecular formula is C24H22N2. The van der Waals surface area contributed by atoms with Crippen LogP contribution >= 0.6 is 0 Å². The minimum atomic E-state index is 0.849. The summed E-state index contributed by atoms with van der Waals surface area (Å²) < 4.78 is 0. The predicted octanol–water partition coefficient (Wildman–Crippen LogP) is 5.43. The Labute approximate surface area is 155 Å². The number of benzene rings is 3. The van der Waals surface area contributed by atoms with E-state index in [0.29, 0.717) is 0 Å². The Balaban J connectivity index is 1.74. The van der Waals surface area contributed by atoms with E-state index >= 15 is 0 Å². The third-order valence-electron chi connectivity index (χ3n) is 4.65. The highest BCUT2D eigenvalue weighted by Crippen LogP contribution is 2.32. The summed E-state index contributed by atoms with van der Waals surface area (Å²) >= 11 is 0. The first-order valence-corrected chi connectivity index (χ1v) is 8.89. The van der Waals surface area contributed by atoms with Crippen LogP contribution in [-0.4, -0.2) is 16.8 Å². The van der Waals surface area contributed by atoms with E-state index in [1.165, 1.54) is 28.1 Å². The van der Waals surface area contributed by atoms with Crippen molar-refractivity contribution in [3.63, 3.8) is 0 Å². The molecule has 0 radical (unpaired) electrons. The van der Waals surface area contributed by atoms with E-state index in [0.717, 1.165) is 6.54 Å². The summed E-state index contributed by atoms with van der Waals surface area (Å²) in [7, 11) is 2.14. The molecule has 1 aliphatic rings. The van der Waals surface area contributed by atoms with Gasteiger partial charge in [-0.05, 0) is 16.7 Å². The topological polar surface area (TPSA) is 6.48 Å². The quantitative estimate of drug-likeness (QED) is 0.626. The fourth-order valence-corrected chi connectivity index (χ4v) is 3.29. The molecular weight excluding hydrogens is 316 g/mol. The standard InChI is InChI=1S/C24H22N2/c1-25-23(21-13-7-3-8-14-21)18-26(17-20-11-5-2-6-12-20)19-24(25)22-15-9-4-10-16-22/h2-16,18-19H,17H2,1H3. The second kappa shape index (κ2) is 7.32. The van der Waals surface area contributed by atoms with Gasteiger partial charge in [0.05, 0.1) is 11.4 Å². The number of hydrogen-bond acceptors (Lipinski definition) is 2. The minimum Gasteiger partial charge on any atom is -0.346 e. The summed E-state index contributed by atoms with van der Waals surface area (Å²) in [6.45, 7) is 0.849. The summed E-state index contributed by atoms with van der Waals surface area (Å²) in [6.07, 6.45) is 4.46. The van der Waals surface area contributed by atoms with Gasteiger partial charge in [0.1, 0.15) is 0 Å². The molecule has 0 bridgehead atoms. The molecule has 4 rings (SSSR count). The number of hydrogen-bond donors (Lipinski definition) is 0. The molecule has 1 aliphatic heterocycles. The molecule has 0 spiro atoms. The molecule has 3 aromatic carbocycles. The molecule has 0 fully saturated rings. The Morgan fingerprint density at radius 3 is 1.46 bits per heavy atom. The van der Waals surface area contributed by atoms with E-state index in [9.17, 15) is 0 Å². The van der Waals surface area contributed by atoms with Crippen molar-refractivity contribution < 1.29 is 0 Å². The fourth-order valence-electron chi connectivity index (χ4n) is 3.29. The van der Waals surface area contributed by atoms with Gasteiger partial charge in [-0.3, -0.25) is 0 Å².